The number of methoxy groups -OCH3 is 1. The Balaban J connectivity index is 3.21. The SMILES string of the molecule is COc1ccc(CO)cc1C(N)=NO. The van der Waals surface area contributed by atoms with E-state index in [1.165, 1.54) is 7.11 Å². The average Bonchev–Trinajstić information content (AvgIpc) is 2.27. The Kier molecular flexibility index (Phi) is 3.30. The molecule has 0 saturated heterocycles. The summed E-state index contributed by atoms with van der Waals surface area (Å²) in [5.41, 5.74) is 6.57. The predicted molar refractivity (Wildman–Crippen MR) is 51.4 cm³/mol. The Bertz CT molecular complexity index is 350. The summed E-state index contributed by atoms with van der Waals surface area (Å²) in [7, 11) is 1.49. The lowest BCUT2D eigenvalue weighted by Gasteiger charge is -2.08. The molecule has 0 bridgehead atoms. The van der Waals surface area contributed by atoms with Crippen LogP contribution in [0.4, 0.5) is 0 Å². The smallest absolute Gasteiger partial charge is 0.173 e. The second kappa shape index (κ2) is 4.48. The van der Waals surface area contributed by atoms with Crippen LogP contribution in [0.15, 0.2) is 23.4 Å². The fourth-order valence-electron chi connectivity index (χ4n) is 1.11. The Morgan fingerprint density at radius 3 is 2.79 bits per heavy atom. The van der Waals surface area contributed by atoms with E-state index in [4.69, 9.17) is 20.8 Å². The highest BCUT2D eigenvalue weighted by molar-refractivity contribution is 5.99. The van der Waals surface area contributed by atoms with Gasteiger partial charge in [0.25, 0.3) is 0 Å². The molecule has 14 heavy (non-hydrogen) atoms. The van der Waals surface area contributed by atoms with Crippen LogP contribution >= 0.6 is 0 Å². The molecule has 0 aliphatic heterocycles. The van der Waals surface area contributed by atoms with Gasteiger partial charge in [-0.1, -0.05) is 11.2 Å². The number of amidine groups is 1. The molecule has 5 heteroatoms. The van der Waals surface area contributed by atoms with Gasteiger partial charge in [0.1, 0.15) is 5.75 Å². The summed E-state index contributed by atoms with van der Waals surface area (Å²) in [6.07, 6.45) is 0. The highest BCUT2D eigenvalue weighted by atomic mass is 16.5. The number of aliphatic hydroxyl groups is 1. The summed E-state index contributed by atoms with van der Waals surface area (Å²) in [5.74, 6) is 0.453. The molecule has 0 radical (unpaired) electrons. The maximum Gasteiger partial charge on any atom is 0.173 e. The molecule has 0 aliphatic rings. The molecular formula is C9H12N2O3. The molecule has 76 valence electrons. The Morgan fingerprint density at radius 2 is 2.29 bits per heavy atom. The van der Waals surface area contributed by atoms with Crippen LogP contribution in [0.3, 0.4) is 0 Å². The first-order chi connectivity index (χ1) is 6.72. The van der Waals surface area contributed by atoms with Crippen LogP contribution in [-0.4, -0.2) is 23.3 Å². The van der Waals surface area contributed by atoms with Crippen molar-refractivity contribution in [2.75, 3.05) is 7.11 Å². The highest BCUT2D eigenvalue weighted by Gasteiger charge is 2.08. The van der Waals surface area contributed by atoms with Crippen molar-refractivity contribution in [3.8, 4) is 5.75 Å². The Morgan fingerprint density at radius 1 is 1.57 bits per heavy atom. The molecule has 0 spiro atoms. The van der Waals surface area contributed by atoms with Crippen molar-refractivity contribution < 1.29 is 15.1 Å². The minimum atomic E-state index is -0.101. The van der Waals surface area contributed by atoms with Crippen LogP contribution in [-0.2, 0) is 6.61 Å². The number of ether oxygens (including phenoxy) is 1. The van der Waals surface area contributed by atoms with Gasteiger partial charge in [-0.25, -0.2) is 0 Å². The van der Waals surface area contributed by atoms with E-state index in [1.54, 1.807) is 18.2 Å². The maximum absolute atomic E-state index is 8.90. The van der Waals surface area contributed by atoms with Crippen LogP contribution in [0, 0.1) is 0 Å². The Labute approximate surface area is 81.4 Å². The van der Waals surface area contributed by atoms with E-state index in [9.17, 15) is 0 Å². The van der Waals surface area contributed by atoms with Crippen molar-refractivity contribution in [3.63, 3.8) is 0 Å². The number of nitrogens with two attached hydrogens (primary N) is 1. The summed E-state index contributed by atoms with van der Waals surface area (Å²) in [6.45, 7) is -0.101. The van der Waals surface area contributed by atoms with Gasteiger partial charge < -0.3 is 20.8 Å². The van der Waals surface area contributed by atoms with Gasteiger partial charge in [-0.3, -0.25) is 0 Å². The molecule has 0 aromatic heterocycles. The number of rotatable bonds is 3. The van der Waals surface area contributed by atoms with Crippen molar-refractivity contribution in [1.82, 2.24) is 0 Å². The normalized spacial score (nSPS) is 11.4. The molecule has 0 unspecified atom stereocenters. The monoisotopic (exact) mass is 196 g/mol. The molecule has 0 saturated carbocycles. The molecule has 0 heterocycles. The summed E-state index contributed by atoms with van der Waals surface area (Å²) < 4.78 is 5.01. The van der Waals surface area contributed by atoms with Crippen molar-refractivity contribution in [2.24, 2.45) is 10.9 Å². The first kappa shape index (κ1) is 10.3. The first-order valence-electron chi connectivity index (χ1n) is 3.98. The van der Waals surface area contributed by atoms with Gasteiger partial charge >= 0.3 is 0 Å². The highest BCUT2D eigenvalue weighted by Crippen LogP contribution is 2.19. The zero-order valence-electron chi connectivity index (χ0n) is 7.77. The van der Waals surface area contributed by atoms with Gasteiger partial charge in [-0.05, 0) is 17.7 Å². The van der Waals surface area contributed by atoms with Gasteiger partial charge in [-0.15, -0.1) is 0 Å². The number of hydrogen-bond donors (Lipinski definition) is 3. The minimum Gasteiger partial charge on any atom is -0.496 e. The molecule has 5 nitrogen and oxygen atoms in total. The van der Waals surface area contributed by atoms with Gasteiger partial charge in [0, 0.05) is 0 Å². The average molecular weight is 196 g/mol. The van der Waals surface area contributed by atoms with Crippen molar-refractivity contribution >= 4 is 5.84 Å². The van der Waals surface area contributed by atoms with E-state index >= 15 is 0 Å². The van der Waals surface area contributed by atoms with E-state index in [2.05, 4.69) is 5.16 Å². The largest absolute Gasteiger partial charge is 0.496 e. The molecule has 0 fully saturated rings. The summed E-state index contributed by atoms with van der Waals surface area (Å²) in [5, 5.41) is 20.3. The first-order valence-corrected chi connectivity index (χ1v) is 3.98. The fraction of sp³-hybridized carbons (Fsp3) is 0.222. The third-order valence-corrected chi connectivity index (χ3v) is 1.83. The van der Waals surface area contributed by atoms with E-state index in [0.717, 1.165) is 0 Å². The number of aliphatic hydroxyl groups excluding tert-OH is 1. The van der Waals surface area contributed by atoms with Crippen LogP contribution < -0.4 is 10.5 Å². The van der Waals surface area contributed by atoms with Crippen molar-refractivity contribution in [2.45, 2.75) is 6.61 Å². The van der Waals surface area contributed by atoms with Gasteiger partial charge in [0.2, 0.25) is 0 Å². The number of hydrogen-bond acceptors (Lipinski definition) is 4. The maximum atomic E-state index is 8.90. The summed E-state index contributed by atoms with van der Waals surface area (Å²) in [6, 6.07) is 4.96. The quantitative estimate of drug-likeness (QED) is 0.280. The molecular weight excluding hydrogens is 184 g/mol. The third-order valence-electron chi connectivity index (χ3n) is 1.83. The molecule has 1 aromatic rings. The zero-order chi connectivity index (χ0) is 10.6. The predicted octanol–water partition coefficient (Wildman–Crippen LogP) is 0.282. The van der Waals surface area contributed by atoms with Crippen molar-refractivity contribution in [3.05, 3.63) is 29.3 Å². The standard InChI is InChI=1S/C9H12N2O3/c1-14-8-3-2-6(5-12)4-7(8)9(10)11-13/h2-4,12-13H,5H2,1H3,(H2,10,11). The molecule has 4 N–H and O–H groups in total. The van der Waals surface area contributed by atoms with Crippen LogP contribution in [0.5, 0.6) is 5.75 Å². The second-order valence-electron chi connectivity index (χ2n) is 2.68. The van der Waals surface area contributed by atoms with E-state index in [1.807, 2.05) is 0 Å². The third kappa shape index (κ3) is 1.94. The second-order valence-corrected chi connectivity index (χ2v) is 2.68. The fourth-order valence-corrected chi connectivity index (χ4v) is 1.11. The zero-order valence-corrected chi connectivity index (χ0v) is 7.77. The Hall–Kier alpha value is -1.75. The van der Waals surface area contributed by atoms with E-state index in [-0.39, 0.29) is 12.4 Å². The molecule has 0 atom stereocenters. The van der Waals surface area contributed by atoms with E-state index in [0.29, 0.717) is 16.9 Å². The topological polar surface area (TPSA) is 88.1 Å². The summed E-state index contributed by atoms with van der Waals surface area (Å²) >= 11 is 0. The number of nitrogens with zero attached hydrogens (tertiary/aromatic N) is 1. The van der Waals surface area contributed by atoms with Crippen LogP contribution in [0.1, 0.15) is 11.1 Å². The van der Waals surface area contributed by atoms with Gasteiger partial charge in [0.15, 0.2) is 5.84 Å². The molecule has 1 aromatic carbocycles. The van der Waals surface area contributed by atoms with Gasteiger partial charge in [0.05, 0.1) is 19.3 Å². The molecule has 0 aliphatic carbocycles. The number of benzene rings is 1. The van der Waals surface area contributed by atoms with Crippen LogP contribution in [0.2, 0.25) is 0 Å². The van der Waals surface area contributed by atoms with E-state index < -0.39 is 0 Å². The van der Waals surface area contributed by atoms with Crippen LogP contribution in [0.25, 0.3) is 0 Å². The lowest BCUT2D eigenvalue weighted by molar-refractivity contribution is 0.281. The lowest BCUT2D eigenvalue weighted by atomic mass is 10.1. The van der Waals surface area contributed by atoms with Crippen molar-refractivity contribution in [1.29, 1.82) is 0 Å². The lowest BCUT2D eigenvalue weighted by Crippen LogP contribution is -2.14. The minimum absolute atomic E-state index is 0.0443. The number of oxime groups is 1. The summed E-state index contributed by atoms with van der Waals surface area (Å²) in [4.78, 5) is 0. The molecule has 1 rings (SSSR count). The molecule has 0 amide bonds. The van der Waals surface area contributed by atoms with Gasteiger partial charge in [-0.2, -0.15) is 0 Å².